The molecule has 4 rings (SSSR count). The van der Waals surface area contributed by atoms with Crippen molar-refractivity contribution >= 4 is 54.1 Å². The summed E-state index contributed by atoms with van der Waals surface area (Å²) < 4.78 is 16.2. The van der Waals surface area contributed by atoms with E-state index in [1.54, 1.807) is 19.1 Å². The Labute approximate surface area is 250 Å². The van der Waals surface area contributed by atoms with Crippen LogP contribution in [0.25, 0.3) is 0 Å². The highest BCUT2D eigenvalue weighted by Gasteiger charge is 2.43. The van der Waals surface area contributed by atoms with Crippen LogP contribution in [0.15, 0.2) is 48.5 Å². The first-order chi connectivity index (χ1) is 16.6. The van der Waals surface area contributed by atoms with Crippen molar-refractivity contribution in [2.45, 2.75) is 70.9 Å². The van der Waals surface area contributed by atoms with Crippen LogP contribution < -0.4 is 5.32 Å². The van der Waals surface area contributed by atoms with E-state index in [2.05, 4.69) is 17.4 Å². The number of amides is 1. The molecule has 2 aliphatic rings. The minimum atomic E-state index is -0.486. The van der Waals surface area contributed by atoms with Gasteiger partial charge in [-0.25, -0.2) is 4.79 Å². The van der Waals surface area contributed by atoms with Crippen LogP contribution in [0.1, 0.15) is 39.3 Å². The third-order valence-corrected chi connectivity index (χ3v) is 6.70. The first kappa shape index (κ1) is 36.8. The number of nitrogens with zero attached hydrogens (tertiary/aromatic N) is 1. The van der Waals surface area contributed by atoms with Crippen LogP contribution in [0.3, 0.4) is 0 Å². The van der Waals surface area contributed by atoms with Gasteiger partial charge in [-0.15, -0.1) is 24.8 Å². The number of carbonyl (C=O) groups is 1. The number of benzene rings is 2. The maximum atomic E-state index is 12.2. The van der Waals surface area contributed by atoms with Crippen LogP contribution >= 0.6 is 48.0 Å². The van der Waals surface area contributed by atoms with Crippen molar-refractivity contribution in [1.82, 2.24) is 10.2 Å². The van der Waals surface area contributed by atoms with Gasteiger partial charge in [-0.05, 0) is 69.0 Å². The van der Waals surface area contributed by atoms with Crippen LogP contribution in [-0.4, -0.2) is 68.2 Å². The maximum absolute atomic E-state index is 12.2. The van der Waals surface area contributed by atoms with Gasteiger partial charge in [0.25, 0.3) is 0 Å². The van der Waals surface area contributed by atoms with Crippen molar-refractivity contribution in [3.05, 3.63) is 69.7 Å². The fraction of sp³-hybridized carbons (Fsp3) is 0.536. The monoisotopic (exact) mass is 610 g/mol. The normalized spacial score (nSPS) is 21.6. The maximum Gasteiger partial charge on any atom is 0.410 e. The molecule has 6 nitrogen and oxygen atoms in total. The summed E-state index contributed by atoms with van der Waals surface area (Å²) in [6.07, 6.45) is 1.87. The van der Waals surface area contributed by atoms with E-state index < -0.39 is 5.60 Å². The number of hydrogen-bond donors (Lipinski definition) is 1. The topological polar surface area (TPSA) is 60.0 Å². The Hall–Kier alpha value is -1.25. The fourth-order valence-corrected chi connectivity index (χ4v) is 4.34. The van der Waals surface area contributed by atoms with Gasteiger partial charge in [0.05, 0.1) is 24.8 Å². The summed E-state index contributed by atoms with van der Waals surface area (Å²) in [6.45, 7) is 7.14. The molecule has 0 bridgehead atoms. The summed E-state index contributed by atoms with van der Waals surface area (Å²) in [4.78, 5) is 13.9. The Morgan fingerprint density at radius 3 is 1.76 bits per heavy atom. The lowest BCUT2D eigenvalue weighted by atomic mass is 9.92. The molecule has 2 aromatic rings. The van der Waals surface area contributed by atoms with E-state index in [-0.39, 0.29) is 50.5 Å². The van der Waals surface area contributed by atoms with Crippen LogP contribution in [0.2, 0.25) is 10.0 Å². The Bertz CT molecular complexity index is 953. The van der Waals surface area contributed by atoms with Crippen molar-refractivity contribution in [2.24, 2.45) is 0 Å². The lowest BCUT2D eigenvalue weighted by Gasteiger charge is -2.47. The van der Waals surface area contributed by atoms with Gasteiger partial charge in [-0.2, -0.15) is 0 Å². The van der Waals surface area contributed by atoms with Gasteiger partial charge >= 0.3 is 6.09 Å². The average molecular weight is 612 g/mol. The fourth-order valence-electron chi connectivity index (χ4n) is 4.09. The Kier molecular flexibility index (Phi) is 16.2. The quantitative estimate of drug-likeness (QED) is 0.386. The second-order valence-electron chi connectivity index (χ2n) is 9.92. The van der Waals surface area contributed by atoms with Crippen LogP contribution in [0.5, 0.6) is 0 Å². The molecule has 0 radical (unpaired) electrons. The third kappa shape index (κ3) is 10.7. The Balaban J connectivity index is 0.000000710. The van der Waals surface area contributed by atoms with Gasteiger partial charge in [0.2, 0.25) is 0 Å². The zero-order valence-electron chi connectivity index (χ0n) is 21.9. The molecular weight excluding hydrogens is 570 g/mol. The number of carbonyl (C=O) groups excluding carboxylic acids is 1. The standard InChI is InChI=1S/C16H22ClNO3.C11H14ClNO.CH4.2ClH/c1-16(2,3)21-15(19)18-10-14(20-4)13(18)9-11-5-7-12(17)8-6-11;1-14-11-7-13-10(11)6-8-2-4-9(12)5-3-8;;;/h5-8,13-14H,9-10H2,1-4H3;2-5,10-11,13H,6-7H2,1H3;1H4;2*1H. The second kappa shape index (κ2) is 16.8. The minimum Gasteiger partial charge on any atom is -0.444 e. The van der Waals surface area contributed by atoms with Crippen molar-refractivity contribution in [3.63, 3.8) is 0 Å². The van der Waals surface area contributed by atoms with Gasteiger partial charge in [0.1, 0.15) is 5.60 Å². The molecule has 10 heteroatoms. The number of nitrogens with one attached hydrogen (secondary N) is 1. The Morgan fingerprint density at radius 2 is 1.37 bits per heavy atom. The average Bonchev–Trinajstić information content (AvgIpc) is 2.76. The van der Waals surface area contributed by atoms with E-state index in [9.17, 15) is 4.79 Å². The minimum absolute atomic E-state index is 0. The molecule has 0 saturated carbocycles. The molecule has 2 aromatic carbocycles. The van der Waals surface area contributed by atoms with Crippen LogP contribution in [0, 0.1) is 0 Å². The van der Waals surface area contributed by atoms with Crippen molar-refractivity contribution in [1.29, 1.82) is 0 Å². The van der Waals surface area contributed by atoms with Crippen molar-refractivity contribution in [3.8, 4) is 0 Å². The first-order valence-corrected chi connectivity index (χ1v) is 12.6. The van der Waals surface area contributed by atoms with Gasteiger partial charge in [0.15, 0.2) is 0 Å². The van der Waals surface area contributed by atoms with E-state index in [4.69, 9.17) is 37.4 Å². The highest BCUT2D eigenvalue weighted by atomic mass is 35.5. The molecule has 0 aliphatic carbocycles. The number of methoxy groups -OCH3 is 2. The molecule has 4 unspecified atom stereocenters. The van der Waals surface area contributed by atoms with E-state index in [1.807, 2.05) is 57.2 Å². The molecule has 38 heavy (non-hydrogen) atoms. The van der Waals surface area contributed by atoms with Crippen LogP contribution in [-0.2, 0) is 27.1 Å². The smallest absolute Gasteiger partial charge is 0.410 e. The molecule has 0 spiro atoms. The predicted octanol–water partition coefficient (Wildman–Crippen LogP) is 6.87. The number of hydrogen-bond acceptors (Lipinski definition) is 5. The zero-order valence-corrected chi connectivity index (χ0v) is 25.1. The summed E-state index contributed by atoms with van der Waals surface area (Å²) in [5.74, 6) is 0. The van der Waals surface area contributed by atoms with Gasteiger partial charge < -0.3 is 19.5 Å². The van der Waals surface area contributed by atoms with E-state index in [1.165, 1.54) is 5.56 Å². The third-order valence-electron chi connectivity index (χ3n) is 6.20. The zero-order chi connectivity index (χ0) is 25.6. The summed E-state index contributed by atoms with van der Waals surface area (Å²) >= 11 is 11.7. The van der Waals surface area contributed by atoms with Gasteiger partial charge in [-0.3, -0.25) is 4.90 Å². The molecular formula is C28H42Cl4N2O4. The van der Waals surface area contributed by atoms with Gasteiger partial charge in [-0.1, -0.05) is 54.9 Å². The van der Waals surface area contributed by atoms with E-state index in [0.29, 0.717) is 23.7 Å². The molecule has 2 aliphatic heterocycles. The lowest BCUT2D eigenvalue weighted by molar-refractivity contribution is -0.0871. The number of rotatable bonds is 6. The van der Waals surface area contributed by atoms with Gasteiger partial charge in [0, 0.05) is 36.9 Å². The molecule has 1 amide bonds. The molecule has 4 atom stereocenters. The second-order valence-corrected chi connectivity index (χ2v) is 10.8. The van der Waals surface area contributed by atoms with Crippen LogP contribution in [0.4, 0.5) is 4.79 Å². The van der Waals surface area contributed by atoms with E-state index >= 15 is 0 Å². The molecule has 2 saturated heterocycles. The summed E-state index contributed by atoms with van der Waals surface area (Å²) in [6, 6.07) is 16.1. The summed E-state index contributed by atoms with van der Waals surface area (Å²) in [7, 11) is 3.44. The Morgan fingerprint density at radius 1 is 0.895 bits per heavy atom. The molecule has 2 heterocycles. The molecule has 1 N–H and O–H groups in total. The van der Waals surface area contributed by atoms with E-state index in [0.717, 1.165) is 30.0 Å². The predicted molar refractivity (Wildman–Crippen MR) is 162 cm³/mol. The lowest BCUT2D eigenvalue weighted by Crippen LogP contribution is -2.64. The summed E-state index contributed by atoms with van der Waals surface area (Å²) in [5, 5.41) is 4.85. The highest BCUT2D eigenvalue weighted by molar-refractivity contribution is 6.30. The number of ether oxygens (including phenoxy) is 3. The van der Waals surface area contributed by atoms with Crippen molar-refractivity contribution < 1.29 is 19.0 Å². The molecule has 0 aromatic heterocycles. The largest absolute Gasteiger partial charge is 0.444 e. The number of likely N-dealkylation sites (tertiary alicyclic amines) is 1. The highest BCUT2D eigenvalue weighted by Crippen LogP contribution is 2.27. The SMILES string of the molecule is C.COC1CN(C(=O)OC(C)(C)C)C1Cc1ccc(Cl)cc1.COC1CNC1Cc1ccc(Cl)cc1.Cl.Cl. The number of halogens is 4. The van der Waals surface area contributed by atoms with Crippen molar-refractivity contribution in [2.75, 3.05) is 27.3 Å². The first-order valence-electron chi connectivity index (χ1n) is 11.9. The summed E-state index contributed by atoms with van der Waals surface area (Å²) in [5.41, 5.74) is 1.94. The molecule has 2 fully saturated rings. The molecule has 216 valence electrons.